The first-order valence-corrected chi connectivity index (χ1v) is 4.56. The van der Waals surface area contributed by atoms with Crippen LogP contribution in [0.15, 0.2) is 55.1 Å². The van der Waals surface area contributed by atoms with Gasteiger partial charge in [-0.05, 0) is 6.07 Å². The Balaban J connectivity index is 0.000000144. The van der Waals surface area contributed by atoms with Gasteiger partial charge in [0.25, 0.3) is 0 Å². The Morgan fingerprint density at radius 3 is 1.93 bits per heavy atom. The van der Waals surface area contributed by atoms with E-state index < -0.39 is 0 Å². The summed E-state index contributed by atoms with van der Waals surface area (Å²) in [6, 6.07) is 9.85. The van der Waals surface area contributed by atoms with Gasteiger partial charge < -0.3 is 0 Å². The summed E-state index contributed by atoms with van der Waals surface area (Å²) in [5.74, 6) is 0. The highest BCUT2D eigenvalue weighted by atomic mass is 15.1. The average Bonchev–Trinajstić information content (AvgIpc) is 2.88. The van der Waals surface area contributed by atoms with Crippen molar-refractivity contribution in [1.82, 2.24) is 20.4 Å². The maximum atomic E-state index is 3.76. The quantitative estimate of drug-likeness (QED) is 0.601. The maximum absolute atomic E-state index is 3.76. The number of H-pyrrole nitrogens is 1. The first kappa shape index (κ1) is 9.33. The number of nitrogens with one attached hydrogen (secondary N) is 1. The smallest absolute Gasteiger partial charge is 0.0574 e. The summed E-state index contributed by atoms with van der Waals surface area (Å²) < 4.78 is 0. The monoisotopic (exact) mass is 198 g/mol. The number of fused-ring (bicyclic) bond motifs is 1. The van der Waals surface area contributed by atoms with Gasteiger partial charge in [-0.1, -0.05) is 24.3 Å². The van der Waals surface area contributed by atoms with Gasteiger partial charge in [-0.3, -0.25) is 5.10 Å². The third kappa shape index (κ3) is 2.60. The molecule has 0 bridgehead atoms. The Morgan fingerprint density at radius 2 is 1.53 bits per heavy atom. The van der Waals surface area contributed by atoms with Crippen molar-refractivity contribution in [3.8, 4) is 0 Å². The number of hydrogen-bond donors (Lipinski definition) is 1. The third-order valence-electron chi connectivity index (χ3n) is 1.86. The minimum Gasteiger partial charge on any atom is -0.286 e. The van der Waals surface area contributed by atoms with Crippen LogP contribution in [-0.4, -0.2) is 20.4 Å². The molecule has 0 aliphatic rings. The van der Waals surface area contributed by atoms with Crippen molar-refractivity contribution < 1.29 is 0 Å². The fourth-order valence-corrected chi connectivity index (χ4v) is 1.15. The molecule has 0 spiro atoms. The normalized spacial score (nSPS) is 9.33. The largest absolute Gasteiger partial charge is 0.286 e. The van der Waals surface area contributed by atoms with E-state index in [1.807, 2.05) is 30.3 Å². The summed E-state index contributed by atoms with van der Waals surface area (Å²) in [7, 11) is 0. The molecule has 0 atom stereocenters. The number of nitrogens with zero attached hydrogens (tertiary/aromatic N) is 3. The van der Waals surface area contributed by atoms with Gasteiger partial charge in [0, 0.05) is 23.2 Å². The van der Waals surface area contributed by atoms with E-state index in [1.165, 1.54) is 0 Å². The van der Waals surface area contributed by atoms with Gasteiger partial charge in [0.1, 0.15) is 0 Å². The molecule has 0 radical (unpaired) electrons. The Morgan fingerprint density at radius 1 is 0.867 bits per heavy atom. The van der Waals surface area contributed by atoms with Crippen molar-refractivity contribution in [1.29, 1.82) is 0 Å². The number of aromatic nitrogens is 4. The van der Waals surface area contributed by atoms with Gasteiger partial charge in [0.15, 0.2) is 0 Å². The number of hydrogen-bond acceptors (Lipinski definition) is 3. The number of aromatic amines is 1. The second kappa shape index (κ2) is 4.85. The molecule has 74 valence electrons. The Hall–Kier alpha value is -2.23. The summed E-state index contributed by atoms with van der Waals surface area (Å²) in [6.45, 7) is 0. The second-order valence-corrected chi connectivity index (χ2v) is 2.88. The maximum Gasteiger partial charge on any atom is 0.0574 e. The van der Waals surface area contributed by atoms with Crippen LogP contribution in [0.4, 0.5) is 0 Å². The SMILES string of the molecule is c1ccc2cnncc2c1.c1cn[nH]c1. The molecule has 0 amide bonds. The lowest BCUT2D eigenvalue weighted by Gasteiger charge is -1.90. The zero-order valence-corrected chi connectivity index (χ0v) is 8.04. The molecule has 0 unspecified atom stereocenters. The lowest BCUT2D eigenvalue weighted by atomic mass is 10.2. The van der Waals surface area contributed by atoms with Crippen molar-refractivity contribution in [3.63, 3.8) is 0 Å². The first-order chi connectivity index (χ1) is 7.47. The molecule has 1 N–H and O–H groups in total. The highest BCUT2D eigenvalue weighted by molar-refractivity contribution is 5.80. The van der Waals surface area contributed by atoms with Crippen molar-refractivity contribution in [3.05, 3.63) is 55.1 Å². The van der Waals surface area contributed by atoms with Gasteiger partial charge in [-0.25, -0.2) is 0 Å². The van der Waals surface area contributed by atoms with Crippen LogP contribution < -0.4 is 0 Å². The van der Waals surface area contributed by atoms with E-state index in [-0.39, 0.29) is 0 Å². The van der Waals surface area contributed by atoms with E-state index in [2.05, 4.69) is 20.4 Å². The van der Waals surface area contributed by atoms with Crippen LogP contribution in [-0.2, 0) is 0 Å². The van der Waals surface area contributed by atoms with Gasteiger partial charge in [0.2, 0.25) is 0 Å². The van der Waals surface area contributed by atoms with E-state index in [0.717, 1.165) is 10.8 Å². The van der Waals surface area contributed by atoms with Crippen LogP contribution in [0.25, 0.3) is 10.8 Å². The lowest BCUT2D eigenvalue weighted by molar-refractivity contribution is 1.05. The molecule has 0 saturated carbocycles. The fourth-order valence-electron chi connectivity index (χ4n) is 1.15. The van der Waals surface area contributed by atoms with Crippen molar-refractivity contribution >= 4 is 10.8 Å². The zero-order chi connectivity index (χ0) is 10.3. The summed E-state index contributed by atoms with van der Waals surface area (Å²) in [6.07, 6.45) is 6.98. The van der Waals surface area contributed by atoms with E-state index in [4.69, 9.17) is 0 Å². The van der Waals surface area contributed by atoms with Gasteiger partial charge >= 0.3 is 0 Å². The molecule has 1 aromatic carbocycles. The van der Waals surface area contributed by atoms with Gasteiger partial charge in [-0.15, -0.1) is 0 Å². The first-order valence-electron chi connectivity index (χ1n) is 4.56. The van der Waals surface area contributed by atoms with Crippen molar-refractivity contribution in [2.45, 2.75) is 0 Å². The lowest BCUT2D eigenvalue weighted by Crippen LogP contribution is -1.77. The third-order valence-corrected chi connectivity index (χ3v) is 1.86. The Bertz CT molecular complexity index is 422. The summed E-state index contributed by atoms with van der Waals surface area (Å²) in [4.78, 5) is 0. The predicted molar refractivity (Wildman–Crippen MR) is 58.1 cm³/mol. The molecule has 15 heavy (non-hydrogen) atoms. The molecule has 0 fully saturated rings. The molecule has 4 nitrogen and oxygen atoms in total. The minimum absolute atomic E-state index is 1.14. The van der Waals surface area contributed by atoms with Crippen molar-refractivity contribution in [2.24, 2.45) is 0 Å². The molecule has 0 aliphatic heterocycles. The molecule has 4 heteroatoms. The van der Waals surface area contributed by atoms with E-state index in [1.54, 1.807) is 24.8 Å². The van der Waals surface area contributed by atoms with E-state index >= 15 is 0 Å². The second-order valence-electron chi connectivity index (χ2n) is 2.88. The molecule has 3 rings (SSSR count). The molecular weight excluding hydrogens is 188 g/mol. The Labute approximate surface area is 87.0 Å². The molecule has 0 saturated heterocycles. The number of rotatable bonds is 0. The Kier molecular flexibility index (Phi) is 3.02. The predicted octanol–water partition coefficient (Wildman–Crippen LogP) is 2.04. The highest BCUT2D eigenvalue weighted by Gasteiger charge is 1.87. The number of benzene rings is 1. The minimum atomic E-state index is 1.14. The van der Waals surface area contributed by atoms with Crippen LogP contribution >= 0.6 is 0 Å². The van der Waals surface area contributed by atoms with Crippen LogP contribution in [0, 0.1) is 0 Å². The van der Waals surface area contributed by atoms with E-state index in [9.17, 15) is 0 Å². The molecular formula is C11H10N4. The van der Waals surface area contributed by atoms with Crippen LogP contribution in [0.1, 0.15) is 0 Å². The van der Waals surface area contributed by atoms with Crippen LogP contribution in [0.3, 0.4) is 0 Å². The van der Waals surface area contributed by atoms with Crippen LogP contribution in [0.2, 0.25) is 0 Å². The average molecular weight is 198 g/mol. The fraction of sp³-hybridized carbons (Fsp3) is 0. The van der Waals surface area contributed by atoms with E-state index in [0.29, 0.717) is 0 Å². The zero-order valence-electron chi connectivity index (χ0n) is 8.04. The van der Waals surface area contributed by atoms with Crippen molar-refractivity contribution in [2.75, 3.05) is 0 Å². The molecule has 2 heterocycles. The summed E-state index contributed by atoms with van der Waals surface area (Å²) in [5, 5.41) is 16.0. The standard InChI is InChI=1S/C8H6N2.C3H4N2/c1-2-4-8-6-10-9-5-7(8)3-1;1-2-4-5-3-1/h1-6H;1-3H,(H,4,5). The summed E-state index contributed by atoms with van der Waals surface area (Å²) >= 11 is 0. The molecule has 0 aliphatic carbocycles. The molecule has 2 aromatic heterocycles. The highest BCUT2D eigenvalue weighted by Crippen LogP contribution is 2.08. The molecule has 3 aromatic rings. The topological polar surface area (TPSA) is 54.5 Å². The van der Waals surface area contributed by atoms with Gasteiger partial charge in [0.05, 0.1) is 12.4 Å². The van der Waals surface area contributed by atoms with Crippen LogP contribution in [0.5, 0.6) is 0 Å². The van der Waals surface area contributed by atoms with Gasteiger partial charge in [-0.2, -0.15) is 15.3 Å². The summed E-state index contributed by atoms with van der Waals surface area (Å²) in [5.41, 5.74) is 0.